The summed E-state index contributed by atoms with van der Waals surface area (Å²) in [5, 5.41) is 0. The Morgan fingerprint density at radius 2 is 1.88 bits per heavy atom. The summed E-state index contributed by atoms with van der Waals surface area (Å²) in [7, 11) is 2.03. The molecule has 46 valence electrons. The first-order valence-electron chi connectivity index (χ1n) is 2.40. The van der Waals surface area contributed by atoms with E-state index in [-0.39, 0.29) is 11.3 Å². The molecule has 1 atom stereocenters. The summed E-state index contributed by atoms with van der Waals surface area (Å²) in [6.45, 7) is 1.48. The standard InChI is InChI=1S/C5H9O2P/c1-4(6)2-3-5(7)8/h2-3,8H2,1H3. The van der Waals surface area contributed by atoms with Crippen LogP contribution in [0.4, 0.5) is 0 Å². The number of hydrogen-bond donors (Lipinski definition) is 0. The van der Waals surface area contributed by atoms with E-state index >= 15 is 0 Å². The lowest BCUT2D eigenvalue weighted by molar-refractivity contribution is -0.119. The number of rotatable bonds is 3. The van der Waals surface area contributed by atoms with Crippen LogP contribution in [0, 0.1) is 0 Å². The van der Waals surface area contributed by atoms with E-state index in [1.165, 1.54) is 6.92 Å². The lowest BCUT2D eigenvalue weighted by Gasteiger charge is -1.86. The Balaban J connectivity index is 3.18. The summed E-state index contributed by atoms with van der Waals surface area (Å²) >= 11 is 0. The Morgan fingerprint density at radius 3 is 2.00 bits per heavy atom. The molecule has 0 amide bonds. The molecule has 0 aliphatic heterocycles. The molecule has 0 heterocycles. The third-order valence-corrected chi connectivity index (χ3v) is 1.01. The maximum absolute atomic E-state index is 10.2. The second-order valence-corrected chi connectivity index (χ2v) is 2.31. The van der Waals surface area contributed by atoms with Gasteiger partial charge in [0.2, 0.25) is 0 Å². The monoisotopic (exact) mass is 132 g/mol. The van der Waals surface area contributed by atoms with Gasteiger partial charge in [-0.3, -0.25) is 4.79 Å². The van der Waals surface area contributed by atoms with E-state index in [2.05, 4.69) is 0 Å². The van der Waals surface area contributed by atoms with E-state index in [1.807, 2.05) is 9.24 Å². The van der Waals surface area contributed by atoms with Gasteiger partial charge in [0, 0.05) is 12.8 Å². The molecule has 0 bridgehead atoms. The molecule has 0 saturated carbocycles. The van der Waals surface area contributed by atoms with Gasteiger partial charge in [0.25, 0.3) is 0 Å². The van der Waals surface area contributed by atoms with Crippen molar-refractivity contribution >= 4 is 20.5 Å². The first-order valence-corrected chi connectivity index (χ1v) is 2.98. The third-order valence-electron chi connectivity index (χ3n) is 0.723. The van der Waals surface area contributed by atoms with Crippen LogP contribution in [0.25, 0.3) is 0 Å². The molecule has 0 aromatic carbocycles. The molecule has 3 heteroatoms. The number of ketones is 1. The van der Waals surface area contributed by atoms with Crippen molar-refractivity contribution in [2.24, 2.45) is 0 Å². The van der Waals surface area contributed by atoms with Crippen molar-refractivity contribution in [1.29, 1.82) is 0 Å². The van der Waals surface area contributed by atoms with Crippen LogP contribution in [0.3, 0.4) is 0 Å². The topological polar surface area (TPSA) is 34.1 Å². The number of hydrogen-bond acceptors (Lipinski definition) is 2. The van der Waals surface area contributed by atoms with Gasteiger partial charge >= 0.3 is 0 Å². The smallest absolute Gasteiger partial charge is 0.148 e. The molecule has 2 nitrogen and oxygen atoms in total. The summed E-state index contributed by atoms with van der Waals surface area (Å²) in [5.74, 6) is 0.0702. The molecular formula is C5H9O2P. The summed E-state index contributed by atoms with van der Waals surface area (Å²) in [6.07, 6.45) is 0.738. The Bertz CT molecular complexity index is 95.0. The van der Waals surface area contributed by atoms with Gasteiger partial charge in [-0.15, -0.1) is 0 Å². The van der Waals surface area contributed by atoms with Crippen molar-refractivity contribution in [2.75, 3.05) is 0 Å². The molecule has 0 aromatic heterocycles. The average Bonchev–Trinajstić information content (AvgIpc) is 1.61. The molecule has 1 unspecified atom stereocenters. The number of carbonyl (C=O) groups excluding carboxylic acids is 2. The second kappa shape index (κ2) is 3.73. The highest BCUT2D eigenvalue weighted by molar-refractivity contribution is 7.40. The molecule has 0 rings (SSSR count). The van der Waals surface area contributed by atoms with E-state index in [9.17, 15) is 9.59 Å². The van der Waals surface area contributed by atoms with Crippen LogP contribution < -0.4 is 0 Å². The Hall–Kier alpha value is -0.230. The first kappa shape index (κ1) is 7.77. The molecule has 0 saturated heterocycles. The average molecular weight is 132 g/mol. The van der Waals surface area contributed by atoms with Crippen LogP contribution in [-0.4, -0.2) is 11.3 Å². The van der Waals surface area contributed by atoms with Crippen molar-refractivity contribution < 1.29 is 9.59 Å². The fourth-order valence-corrected chi connectivity index (χ4v) is 0.444. The molecule has 0 aliphatic rings. The van der Waals surface area contributed by atoms with E-state index in [0.29, 0.717) is 12.8 Å². The van der Waals surface area contributed by atoms with E-state index in [4.69, 9.17) is 0 Å². The van der Waals surface area contributed by atoms with Gasteiger partial charge in [0.1, 0.15) is 11.3 Å². The normalized spacial score (nSPS) is 8.75. The van der Waals surface area contributed by atoms with E-state index < -0.39 is 0 Å². The van der Waals surface area contributed by atoms with Crippen LogP contribution in [0.5, 0.6) is 0 Å². The van der Waals surface area contributed by atoms with E-state index in [1.54, 1.807) is 0 Å². The van der Waals surface area contributed by atoms with Crippen LogP contribution in [-0.2, 0) is 9.59 Å². The Labute approximate surface area is 50.9 Å². The molecule has 8 heavy (non-hydrogen) atoms. The molecule has 0 N–H and O–H groups in total. The van der Waals surface area contributed by atoms with E-state index in [0.717, 1.165) is 0 Å². The second-order valence-electron chi connectivity index (χ2n) is 1.67. The summed E-state index contributed by atoms with van der Waals surface area (Å²) < 4.78 is 0. The minimum Gasteiger partial charge on any atom is -0.300 e. The van der Waals surface area contributed by atoms with Gasteiger partial charge < -0.3 is 4.79 Å². The fourth-order valence-electron chi connectivity index (χ4n) is 0.299. The predicted molar refractivity (Wildman–Crippen MR) is 34.6 cm³/mol. The molecular weight excluding hydrogens is 123 g/mol. The number of carbonyl (C=O) groups is 2. The highest BCUT2D eigenvalue weighted by atomic mass is 31.0. The van der Waals surface area contributed by atoms with Gasteiger partial charge in [0.15, 0.2) is 0 Å². The first-order chi connectivity index (χ1) is 3.63. The van der Waals surface area contributed by atoms with Gasteiger partial charge in [-0.05, 0) is 6.92 Å². The lowest BCUT2D eigenvalue weighted by Crippen LogP contribution is -1.92. The van der Waals surface area contributed by atoms with Crippen molar-refractivity contribution in [3.05, 3.63) is 0 Å². The van der Waals surface area contributed by atoms with Gasteiger partial charge in [-0.1, -0.05) is 9.24 Å². The van der Waals surface area contributed by atoms with Crippen molar-refractivity contribution in [2.45, 2.75) is 19.8 Å². The Kier molecular flexibility index (Phi) is 3.63. The minimum atomic E-state index is 0.000185. The largest absolute Gasteiger partial charge is 0.300 e. The summed E-state index contributed by atoms with van der Waals surface area (Å²) in [5.41, 5.74) is 0.000185. The van der Waals surface area contributed by atoms with Crippen molar-refractivity contribution in [3.8, 4) is 0 Å². The molecule has 0 aliphatic carbocycles. The zero-order valence-corrected chi connectivity index (χ0v) is 5.96. The molecule has 0 aromatic rings. The SMILES string of the molecule is CC(=O)CCC(=O)P. The number of Topliss-reactive ketones (excluding diaryl/α,β-unsaturated/α-hetero) is 1. The van der Waals surface area contributed by atoms with Gasteiger partial charge in [0.05, 0.1) is 0 Å². The lowest BCUT2D eigenvalue weighted by atomic mass is 10.2. The van der Waals surface area contributed by atoms with Gasteiger partial charge in [-0.2, -0.15) is 0 Å². The maximum atomic E-state index is 10.2. The maximum Gasteiger partial charge on any atom is 0.148 e. The van der Waals surface area contributed by atoms with Crippen molar-refractivity contribution in [1.82, 2.24) is 0 Å². The van der Waals surface area contributed by atoms with Gasteiger partial charge in [-0.25, -0.2) is 0 Å². The highest BCUT2D eigenvalue weighted by Gasteiger charge is 1.95. The third kappa shape index (κ3) is 5.77. The zero-order valence-electron chi connectivity index (χ0n) is 4.81. The molecule has 0 fully saturated rings. The zero-order chi connectivity index (χ0) is 6.57. The van der Waals surface area contributed by atoms with Crippen LogP contribution in [0.1, 0.15) is 19.8 Å². The van der Waals surface area contributed by atoms with Crippen LogP contribution >= 0.6 is 9.24 Å². The van der Waals surface area contributed by atoms with Crippen molar-refractivity contribution in [3.63, 3.8) is 0 Å². The van der Waals surface area contributed by atoms with Crippen LogP contribution in [0.2, 0.25) is 0 Å². The minimum absolute atomic E-state index is 0.000185. The Morgan fingerprint density at radius 1 is 1.38 bits per heavy atom. The summed E-state index contributed by atoms with van der Waals surface area (Å²) in [4.78, 5) is 20.3. The highest BCUT2D eigenvalue weighted by Crippen LogP contribution is 1.96. The quantitative estimate of drug-likeness (QED) is 0.531. The molecule has 0 spiro atoms. The summed E-state index contributed by atoms with van der Waals surface area (Å²) in [6, 6.07) is 0. The molecule has 0 radical (unpaired) electrons. The predicted octanol–water partition coefficient (Wildman–Crippen LogP) is 0.757. The van der Waals surface area contributed by atoms with Crippen LogP contribution in [0.15, 0.2) is 0 Å². The fraction of sp³-hybridized carbons (Fsp3) is 0.600.